The zero-order valence-electron chi connectivity index (χ0n) is 13.6. The quantitative estimate of drug-likeness (QED) is 0.774. The van der Waals surface area contributed by atoms with Gasteiger partial charge in [-0.1, -0.05) is 26.0 Å². The Morgan fingerprint density at radius 3 is 3.00 bits per heavy atom. The van der Waals surface area contributed by atoms with E-state index in [4.69, 9.17) is 4.98 Å². The molecule has 0 spiro atoms. The summed E-state index contributed by atoms with van der Waals surface area (Å²) in [5, 5.41) is 3.41. The minimum atomic E-state index is 0.335. The lowest BCUT2D eigenvalue weighted by Gasteiger charge is -2.32. The van der Waals surface area contributed by atoms with Crippen LogP contribution in [0.1, 0.15) is 68.5 Å². The summed E-state index contributed by atoms with van der Waals surface area (Å²) in [6.07, 6.45) is 9.67. The molecule has 1 aromatic rings. The van der Waals surface area contributed by atoms with Crippen molar-refractivity contribution in [3.63, 3.8) is 0 Å². The molecule has 3 nitrogen and oxygen atoms in total. The number of thiazole rings is 1. The van der Waals surface area contributed by atoms with Crippen LogP contribution in [0, 0.1) is 5.92 Å². The summed E-state index contributed by atoms with van der Waals surface area (Å²) in [6.45, 7) is 6.16. The van der Waals surface area contributed by atoms with E-state index in [1.165, 1.54) is 10.7 Å². The summed E-state index contributed by atoms with van der Waals surface area (Å²) in [7, 11) is 0. The van der Waals surface area contributed by atoms with Gasteiger partial charge in [-0.3, -0.25) is 4.79 Å². The Labute approximate surface area is 137 Å². The van der Waals surface area contributed by atoms with Crippen molar-refractivity contribution in [3.8, 4) is 0 Å². The van der Waals surface area contributed by atoms with Crippen LogP contribution >= 0.6 is 11.3 Å². The first kappa shape index (κ1) is 15.7. The topological polar surface area (TPSA) is 33.2 Å². The molecule has 1 saturated heterocycles. The minimum absolute atomic E-state index is 0.335. The third kappa shape index (κ3) is 3.60. The number of nitrogens with zero attached hydrogens (tertiary/aromatic N) is 2. The highest BCUT2D eigenvalue weighted by molar-refractivity contribution is 7.09. The lowest BCUT2D eigenvalue weighted by atomic mass is 9.97. The fraction of sp³-hybridized carbons (Fsp3) is 0.667. The van der Waals surface area contributed by atoms with E-state index >= 15 is 0 Å². The van der Waals surface area contributed by atoms with Crippen molar-refractivity contribution in [1.29, 1.82) is 0 Å². The maximum Gasteiger partial charge on any atom is 0.223 e. The number of likely N-dealkylation sites (tertiary alicyclic amines) is 1. The molecule has 2 heterocycles. The summed E-state index contributed by atoms with van der Waals surface area (Å²) < 4.78 is 0. The van der Waals surface area contributed by atoms with E-state index in [0.29, 0.717) is 30.1 Å². The largest absolute Gasteiger partial charge is 0.342 e. The molecule has 2 atom stereocenters. The van der Waals surface area contributed by atoms with Gasteiger partial charge < -0.3 is 4.90 Å². The standard InChI is InChI=1S/C18H26N2OS/c1-13(2)16-12-22-18(19-16)15-8-5-9-20(11-15)17(21)10-14-6-3-4-7-14/h3,6,12-15H,4-5,7-11H2,1-2H3. The average Bonchev–Trinajstić information content (AvgIpc) is 3.18. The van der Waals surface area contributed by atoms with E-state index in [9.17, 15) is 4.79 Å². The molecule has 1 amide bonds. The molecule has 0 N–H and O–H groups in total. The number of hydrogen-bond acceptors (Lipinski definition) is 3. The summed E-state index contributed by atoms with van der Waals surface area (Å²) >= 11 is 1.77. The number of amides is 1. The minimum Gasteiger partial charge on any atom is -0.342 e. The van der Waals surface area contributed by atoms with Crippen LogP contribution < -0.4 is 0 Å². The predicted octanol–water partition coefficient (Wildman–Crippen LogP) is 4.33. The molecule has 2 aliphatic rings. The van der Waals surface area contributed by atoms with Gasteiger partial charge in [-0.25, -0.2) is 4.98 Å². The van der Waals surface area contributed by atoms with Crippen molar-refractivity contribution in [2.45, 2.75) is 57.8 Å². The Morgan fingerprint density at radius 1 is 1.45 bits per heavy atom. The molecule has 0 radical (unpaired) electrons. The first-order valence-corrected chi connectivity index (χ1v) is 9.41. The van der Waals surface area contributed by atoms with Crippen molar-refractivity contribution >= 4 is 17.2 Å². The smallest absolute Gasteiger partial charge is 0.223 e. The van der Waals surface area contributed by atoms with Crippen LogP contribution in [0.3, 0.4) is 0 Å². The van der Waals surface area contributed by atoms with Gasteiger partial charge in [0, 0.05) is 30.8 Å². The lowest BCUT2D eigenvalue weighted by Crippen LogP contribution is -2.39. The van der Waals surface area contributed by atoms with Crippen molar-refractivity contribution in [2.24, 2.45) is 5.92 Å². The molecule has 1 fully saturated rings. The highest BCUT2D eigenvalue weighted by Gasteiger charge is 2.28. The fourth-order valence-corrected chi connectivity index (χ4v) is 4.49. The number of allylic oxidation sites excluding steroid dienone is 2. The highest BCUT2D eigenvalue weighted by atomic mass is 32.1. The van der Waals surface area contributed by atoms with Crippen molar-refractivity contribution in [2.75, 3.05) is 13.1 Å². The van der Waals surface area contributed by atoms with E-state index in [0.717, 1.165) is 38.8 Å². The van der Waals surface area contributed by atoms with E-state index in [-0.39, 0.29) is 0 Å². The number of carbonyl (C=O) groups excluding carboxylic acids is 1. The Morgan fingerprint density at radius 2 is 2.32 bits per heavy atom. The van der Waals surface area contributed by atoms with Gasteiger partial charge in [0.2, 0.25) is 5.91 Å². The zero-order valence-corrected chi connectivity index (χ0v) is 14.4. The molecular formula is C18H26N2OS. The summed E-state index contributed by atoms with van der Waals surface area (Å²) in [6, 6.07) is 0. The molecule has 2 unspecified atom stereocenters. The van der Waals surface area contributed by atoms with E-state index in [1.807, 2.05) is 0 Å². The second kappa shape index (κ2) is 6.95. The third-order valence-electron chi connectivity index (χ3n) is 4.80. The van der Waals surface area contributed by atoms with Gasteiger partial charge in [0.1, 0.15) is 0 Å². The number of aromatic nitrogens is 1. The average molecular weight is 318 g/mol. The van der Waals surface area contributed by atoms with Gasteiger partial charge in [0.25, 0.3) is 0 Å². The molecular weight excluding hydrogens is 292 g/mol. The predicted molar refractivity (Wildman–Crippen MR) is 91.2 cm³/mol. The van der Waals surface area contributed by atoms with E-state index < -0.39 is 0 Å². The Bertz CT molecular complexity index is 549. The first-order chi connectivity index (χ1) is 10.6. The van der Waals surface area contributed by atoms with Crippen LogP contribution in [0.5, 0.6) is 0 Å². The zero-order chi connectivity index (χ0) is 15.5. The Hall–Kier alpha value is -1.16. The molecule has 1 aliphatic heterocycles. The summed E-state index contributed by atoms with van der Waals surface area (Å²) in [5.41, 5.74) is 1.19. The van der Waals surface area contributed by atoms with Crippen LogP contribution in [0.2, 0.25) is 0 Å². The van der Waals surface area contributed by atoms with Crippen LogP contribution in [0.4, 0.5) is 0 Å². The van der Waals surface area contributed by atoms with Gasteiger partial charge in [-0.2, -0.15) is 0 Å². The summed E-state index contributed by atoms with van der Waals surface area (Å²) in [4.78, 5) is 19.4. The maximum absolute atomic E-state index is 12.5. The van der Waals surface area contributed by atoms with E-state index in [2.05, 4.69) is 36.3 Å². The first-order valence-electron chi connectivity index (χ1n) is 8.53. The molecule has 120 valence electrons. The second-order valence-electron chi connectivity index (χ2n) is 6.91. The highest BCUT2D eigenvalue weighted by Crippen LogP contribution is 2.31. The number of carbonyl (C=O) groups is 1. The Balaban J connectivity index is 1.60. The molecule has 0 aromatic carbocycles. The van der Waals surface area contributed by atoms with E-state index in [1.54, 1.807) is 11.3 Å². The number of piperidine rings is 1. The molecule has 4 heteroatoms. The monoisotopic (exact) mass is 318 g/mol. The van der Waals surface area contributed by atoms with Gasteiger partial charge >= 0.3 is 0 Å². The molecule has 22 heavy (non-hydrogen) atoms. The third-order valence-corrected chi connectivity index (χ3v) is 5.83. The fourth-order valence-electron chi connectivity index (χ4n) is 3.38. The molecule has 0 bridgehead atoms. The maximum atomic E-state index is 12.5. The van der Waals surface area contributed by atoms with Gasteiger partial charge in [-0.15, -0.1) is 11.3 Å². The Kier molecular flexibility index (Phi) is 4.97. The lowest BCUT2D eigenvalue weighted by molar-refractivity contribution is -0.133. The van der Waals surface area contributed by atoms with Crippen LogP contribution in [-0.2, 0) is 4.79 Å². The van der Waals surface area contributed by atoms with Crippen molar-refractivity contribution < 1.29 is 4.79 Å². The van der Waals surface area contributed by atoms with Gasteiger partial charge in [0.15, 0.2) is 0 Å². The normalized spacial score (nSPS) is 25.1. The molecule has 0 saturated carbocycles. The number of hydrogen-bond donors (Lipinski definition) is 0. The van der Waals surface area contributed by atoms with Crippen molar-refractivity contribution in [1.82, 2.24) is 9.88 Å². The number of rotatable bonds is 4. The van der Waals surface area contributed by atoms with Crippen LogP contribution in [-0.4, -0.2) is 28.9 Å². The molecule has 1 aliphatic carbocycles. The molecule has 3 rings (SSSR count). The van der Waals surface area contributed by atoms with Crippen LogP contribution in [0.15, 0.2) is 17.5 Å². The molecule has 1 aromatic heterocycles. The van der Waals surface area contributed by atoms with Crippen LogP contribution in [0.25, 0.3) is 0 Å². The van der Waals surface area contributed by atoms with Crippen molar-refractivity contribution in [3.05, 3.63) is 28.2 Å². The SMILES string of the molecule is CC(C)c1csc(C2CCCN(C(=O)CC3C=CCC3)C2)n1. The van der Waals surface area contributed by atoms with Gasteiger partial charge in [-0.05, 0) is 37.5 Å². The summed E-state index contributed by atoms with van der Waals surface area (Å²) in [5.74, 6) is 1.73. The second-order valence-corrected chi connectivity index (χ2v) is 7.80. The van der Waals surface area contributed by atoms with Gasteiger partial charge in [0.05, 0.1) is 10.7 Å².